The molecule has 0 amide bonds. The van der Waals surface area contributed by atoms with E-state index < -0.39 is 0 Å². The monoisotopic (exact) mass is 425 g/mol. The van der Waals surface area contributed by atoms with Gasteiger partial charge in [-0.15, -0.1) is 0 Å². The van der Waals surface area contributed by atoms with Gasteiger partial charge in [-0.1, -0.05) is 6.07 Å². The smallest absolute Gasteiger partial charge is 0.197 e. The molecule has 3 aromatic heterocycles. The lowest BCUT2D eigenvalue weighted by molar-refractivity contribution is 0.417. The van der Waals surface area contributed by atoms with E-state index in [9.17, 15) is 0 Å². The fourth-order valence-corrected chi connectivity index (χ4v) is 5.29. The fourth-order valence-electron chi connectivity index (χ4n) is 5.29. The van der Waals surface area contributed by atoms with Crippen LogP contribution in [0.4, 0.5) is 0 Å². The van der Waals surface area contributed by atoms with Crippen LogP contribution in [-0.2, 0) is 0 Å². The van der Waals surface area contributed by atoms with Crippen LogP contribution in [-0.4, -0.2) is 39.8 Å². The SMILES string of the molecule is COc1cc(-c2cc3[nH]c4ccc(C5CCNCC5)cc4c3c(C)c2C)cn2ncnc12. The van der Waals surface area contributed by atoms with Crippen LogP contribution in [0.5, 0.6) is 5.75 Å². The van der Waals surface area contributed by atoms with Gasteiger partial charge in [0.2, 0.25) is 0 Å². The molecule has 1 aliphatic heterocycles. The van der Waals surface area contributed by atoms with Crippen molar-refractivity contribution < 1.29 is 4.74 Å². The Bertz CT molecular complexity index is 1470. The Kier molecular flexibility index (Phi) is 4.43. The van der Waals surface area contributed by atoms with Crippen molar-refractivity contribution in [3.63, 3.8) is 0 Å². The van der Waals surface area contributed by atoms with Gasteiger partial charge >= 0.3 is 0 Å². The quantitative estimate of drug-likeness (QED) is 0.421. The largest absolute Gasteiger partial charge is 0.493 e. The molecule has 1 saturated heterocycles. The molecule has 6 rings (SSSR count). The molecule has 2 N–H and O–H groups in total. The van der Waals surface area contributed by atoms with Crippen molar-refractivity contribution in [3.05, 3.63) is 59.5 Å². The second-order valence-corrected chi connectivity index (χ2v) is 8.88. The number of rotatable bonds is 3. The molecule has 5 aromatic rings. The maximum absolute atomic E-state index is 5.59. The molecule has 6 heteroatoms. The first kappa shape index (κ1) is 19.3. The van der Waals surface area contributed by atoms with Gasteiger partial charge in [0.15, 0.2) is 11.4 Å². The van der Waals surface area contributed by atoms with Gasteiger partial charge < -0.3 is 15.0 Å². The Balaban J connectivity index is 1.54. The molecule has 6 nitrogen and oxygen atoms in total. The number of aromatic nitrogens is 4. The van der Waals surface area contributed by atoms with Crippen LogP contribution in [0, 0.1) is 13.8 Å². The maximum atomic E-state index is 5.59. The Morgan fingerprint density at radius 3 is 2.69 bits per heavy atom. The lowest BCUT2D eigenvalue weighted by Crippen LogP contribution is -2.26. The van der Waals surface area contributed by atoms with Gasteiger partial charge in [-0.3, -0.25) is 0 Å². The predicted molar refractivity (Wildman–Crippen MR) is 129 cm³/mol. The van der Waals surface area contributed by atoms with Crippen LogP contribution in [0.1, 0.15) is 35.4 Å². The maximum Gasteiger partial charge on any atom is 0.197 e. The van der Waals surface area contributed by atoms with Crippen LogP contribution in [0.3, 0.4) is 0 Å². The minimum absolute atomic E-state index is 0.646. The standard InChI is InChI=1S/C26H27N5O/c1-15-16(2)25-21-10-18(17-6-8-27-9-7-17)4-5-22(21)30-23(25)12-20(15)19-11-24(32-3)26-28-14-29-31(26)13-19/h4-5,10-14,17,27,30H,6-9H2,1-3H3. The summed E-state index contributed by atoms with van der Waals surface area (Å²) in [6.45, 7) is 6.66. The third-order valence-electron chi connectivity index (χ3n) is 7.16. The van der Waals surface area contributed by atoms with Crippen molar-refractivity contribution in [2.24, 2.45) is 0 Å². The second-order valence-electron chi connectivity index (χ2n) is 8.88. The third-order valence-corrected chi connectivity index (χ3v) is 7.16. The zero-order valence-electron chi connectivity index (χ0n) is 18.7. The number of H-pyrrole nitrogens is 1. The van der Waals surface area contributed by atoms with Gasteiger partial charge in [-0.25, -0.2) is 9.50 Å². The first-order valence-corrected chi connectivity index (χ1v) is 11.3. The van der Waals surface area contributed by atoms with Crippen molar-refractivity contribution in [2.75, 3.05) is 20.2 Å². The number of piperidine rings is 1. The van der Waals surface area contributed by atoms with E-state index in [1.807, 2.05) is 6.20 Å². The second kappa shape index (κ2) is 7.35. The van der Waals surface area contributed by atoms with Crippen LogP contribution in [0.15, 0.2) is 42.9 Å². The Labute approximate surface area is 186 Å². The van der Waals surface area contributed by atoms with Crippen molar-refractivity contribution in [2.45, 2.75) is 32.6 Å². The Hall–Kier alpha value is -3.38. The van der Waals surface area contributed by atoms with Crippen molar-refractivity contribution in [1.29, 1.82) is 0 Å². The van der Waals surface area contributed by atoms with E-state index in [1.165, 1.54) is 56.9 Å². The number of aromatic amines is 1. The summed E-state index contributed by atoms with van der Waals surface area (Å²) in [5.41, 5.74) is 9.37. The highest BCUT2D eigenvalue weighted by atomic mass is 16.5. The molecule has 0 saturated carbocycles. The van der Waals surface area contributed by atoms with E-state index in [0.717, 1.165) is 30.0 Å². The number of nitrogens with zero attached hydrogens (tertiary/aromatic N) is 3. The lowest BCUT2D eigenvalue weighted by Gasteiger charge is -2.23. The van der Waals surface area contributed by atoms with E-state index in [4.69, 9.17) is 4.74 Å². The average molecular weight is 426 g/mol. The van der Waals surface area contributed by atoms with Gasteiger partial charge in [0.05, 0.1) is 7.11 Å². The minimum Gasteiger partial charge on any atom is -0.493 e. The molecule has 0 bridgehead atoms. The number of methoxy groups -OCH3 is 1. The molecule has 1 fully saturated rings. The highest BCUT2D eigenvalue weighted by Crippen LogP contribution is 2.38. The summed E-state index contributed by atoms with van der Waals surface area (Å²) in [5.74, 6) is 1.37. The molecule has 2 aromatic carbocycles. The zero-order chi connectivity index (χ0) is 21.8. The fraction of sp³-hybridized carbons (Fsp3) is 0.308. The summed E-state index contributed by atoms with van der Waals surface area (Å²) < 4.78 is 7.37. The van der Waals surface area contributed by atoms with E-state index in [1.54, 1.807) is 18.0 Å². The molecule has 162 valence electrons. The Morgan fingerprint density at radius 2 is 1.88 bits per heavy atom. The van der Waals surface area contributed by atoms with Gasteiger partial charge in [0.1, 0.15) is 6.33 Å². The molecule has 0 spiro atoms. The number of pyridine rings is 1. The molecule has 0 aliphatic carbocycles. The molecule has 0 radical (unpaired) electrons. The highest BCUT2D eigenvalue weighted by Gasteiger charge is 2.19. The van der Waals surface area contributed by atoms with Crippen molar-refractivity contribution >= 4 is 27.5 Å². The number of fused-ring (bicyclic) bond motifs is 4. The van der Waals surface area contributed by atoms with Gasteiger partial charge in [0.25, 0.3) is 0 Å². The van der Waals surface area contributed by atoms with Crippen molar-refractivity contribution in [1.82, 2.24) is 24.9 Å². The van der Waals surface area contributed by atoms with Gasteiger partial charge in [0, 0.05) is 33.6 Å². The van der Waals surface area contributed by atoms with E-state index in [-0.39, 0.29) is 0 Å². The van der Waals surface area contributed by atoms with Crippen LogP contribution in [0.25, 0.3) is 38.6 Å². The number of ether oxygens (including phenoxy) is 1. The number of benzene rings is 2. The van der Waals surface area contributed by atoms with Crippen LogP contribution >= 0.6 is 0 Å². The normalized spacial score (nSPS) is 15.2. The number of nitrogens with one attached hydrogen (secondary N) is 2. The first-order valence-electron chi connectivity index (χ1n) is 11.3. The van der Waals surface area contributed by atoms with E-state index >= 15 is 0 Å². The summed E-state index contributed by atoms with van der Waals surface area (Å²) in [4.78, 5) is 7.98. The Morgan fingerprint density at radius 1 is 1.03 bits per heavy atom. The minimum atomic E-state index is 0.646. The van der Waals surface area contributed by atoms with Crippen LogP contribution < -0.4 is 10.1 Å². The molecule has 1 aliphatic rings. The average Bonchev–Trinajstić information content (AvgIpc) is 3.45. The van der Waals surface area contributed by atoms with E-state index in [2.05, 4.69) is 64.6 Å². The topological polar surface area (TPSA) is 67.2 Å². The summed E-state index contributed by atoms with van der Waals surface area (Å²) >= 11 is 0. The lowest BCUT2D eigenvalue weighted by atomic mass is 9.88. The molecule has 4 heterocycles. The molecule has 0 atom stereocenters. The molecular weight excluding hydrogens is 398 g/mol. The zero-order valence-corrected chi connectivity index (χ0v) is 18.7. The van der Waals surface area contributed by atoms with Crippen molar-refractivity contribution in [3.8, 4) is 16.9 Å². The molecule has 0 unspecified atom stereocenters. The summed E-state index contributed by atoms with van der Waals surface area (Å²) in [5, 5.41) is 10.5. The number of hydrogen-bond donors (Lipinski definition) is 2. The van der Waals surface area contributed by atoms with E-state index in [0.29, 0.717) is 5.92 Å². The number of aryl methyl sites for hydroxylation is 1. The highest BCUT2D eigenvalue weighted by molar-refractivity contribution is 6.11. The molecule has 32 heavy (non-hydrogen) atoms. The first-order chi connectivity index (χ1) is 15.6. The molecular formula is C26H27N5O. The predicted octanol–water partition coefficient (Wildman–Crippen LogP) is 5.12. The number of hydrogen-bond acceptors (Lipinski definition) is 4. The summed E-state index contributed by atoms with van der Waals surface area (Å²) in [7, 11) is 1.67. The third kappa shape index (κ3) is 2.90. The van der Waals surface area contributed by atoms with Gasteiger partial charge in [-0.2, -0.15) is 5.10 Å². The summed E-state index contributed by atoms with van der Waals surface area (Å²) in [6.07, 6.45) is 6.00. The van der Waals surface area contributed by atoms with Gasteiger partial charge in [-0.05, 0) is 92.2 Å². The van der Waals surface area contributed by atoms with Crippen LogP contribution in [0.2, 0.25) is 0 Å². The summed E-state index contributed by atoms with van der Waals surface area (Å²) in [6, 6.07) is 11.3.